The molecule has 0 spiro atoms. The Labute approximate surface area is 110 Å². The van der Waals surface area contributed by atoms with Crippen molar-refractivity contribution in [3.8, 4) is 0 Å². The number of nitrogens with zero attached hydrogens (tertiary/aromatic N) is 1. The number of urea groups is 1. The van der Waals surface area contributed by atoms with Gasteiger partial charge in [-0.1, -0.05) is 33.6 Å². The number of carbonyl (C=O) groups excluding carboxylic acids is 1. The Balaban J connectivity index is 4.14. The average molecular weight is 258 g/mol. The summed E-state index contributed by atoms with van der Waals surface area (Å²) in [5.74, 6) is -1.43. The molecule has 0 aliphatic carbocycles. The highest BCUT2D eigenvalue weighted by Crippen LogP contribution is 2.00. The largest absolute Gasteiger partial charge is 0.481 e. The van der Waals surface area contributed by atoms with Crippen molar-refractivity contribution in [1.29, 1.82) is 0 Å². The highest BCUT2D eigenvalue weighted by Gasteiger charge is 2.15. The molecule has 0 bridgehead atoms. The fraction of sp³-hybridized carbons (Fsp3) is 0.846. The second-order valence-corrected chi connectivity index (χ2v) is 4.62. The smallest absolute Gasteiger partial charge is 0.317 e. The van der Waals surface area contributed by atoms with E-state index < -0.39 is 11.9 Å². The molecule has 0 aromatic heterocycles. The Morgan fingerprint density at radius 1 is 1.17 bits per heavy atom. The van der Waals surface area contributed by atoms with Gasteiger partial charge in [-0.05, 0) is 12.8 Å². The van der Waals surface area contributed by atoms with Gasteiger partial charge in [0.2, 0.25) is 0 Å². The van der Waals surface area contributed by atoms with E-state index in [1.165, 1.54) is 0 Å². The maximum atomic E-state index is 11.9. The van der Waals surface area contributed by atoms with Gasteiger partial charge in [0.25, 0.3) is 0 Å². The molecule has 0 radical (unpaired) electrons. The van der Waals surface area contributed by atoms with E-state index in [1.54, 1.807) is 11.8 Å². The van der Waals surface area contributed by atoms with Gasteiger partial charge in [0.05, 0.1) is 5.92 Å². The fourth-order valence-corrected chi connectivity index (χ4v) is 1.45. The predicted molar refractivity (Wildman–Crippen MR) is 71.6 cm³/mol. The molecule has 2 amide bonds. The van der Waals surface area contributed by atoms with E-state index >= 15 is 0 Å². The first kappa shape index (κ1) is 16.7. The van der Waals surface area contributed by atoms with E-state index in [9.17, 15) is 9.59 Å². The average Bonchev–Trinajstić information content (AvgIpc) is 2.35. The van der Waals surface area contributed by atoms with Crippen molar-refractivity contribution in [2.24, 2.45) is 5.92 Å². The Kier molecular flexibility index (Phi) is 9.06. The van der Waals surface area contributed by atoms with E-state index in [0.717, 1.165) is 38.8 Å². The molecule has 5 heteroatoms. The van der Waals surface area contributed by atoms with Crippen LogP contribution in [-0.2, 0) is 4.79 Å². The molecule has 1 unspecified atom stereocenters. The van der Waals surface area contributed by atoms with Crippen molar-refractivity contribution in [3.05, 3.63) is 0 Å². The SMILES string of the molecule is CCCCN(CCCC)C(=O)NCC(C)C(=O)O. The summed E-state index contributed by atoms with van der Waals surface area (Å²) in [5.41, 5.74) is 0. The molecule has 0 aliphatic heterocycles. The van der Waals surface area contributed by atoms with Crippen molar-refractivity contribution in [3.63, 3.8) is 0 Å². The maximum absolute atomic E-state index is 11.9. The highest BCUT2D eigenvalue weighted by molar-refractivity contribution is 5.75. The number of amides is 2. The van der Waals surface area contributed by atoms with E-state index in [4.69, 9.17) is 5.11 Å². The number of rotatable bonds is 9. The minimum Gasteiger partial charge on any atom is -0.481 e. The van der Waals surface area contributed by atoms with Crippen molar-refractivity contribution < 1.29 is 14.7 Å². The van der Waals surface area contributed by atoms with Crippen LogP contribution in [0.5, 0.6) is 0 Å². The van der Waals surface area contributed by atoms with Gasteiger partial charge in [0, 0.05) is 19.6 Å². The van der Waals surface area contributed by atoms with Crippen LogP contribution in [0.25, 0.3) is 0 Å². The summed E-state index contributed by atoms with van der Waals surface area (Å²) in [5, 5.41) is 11.4. The fourth-order valence-electron chi connectivity index (χ4n) is 1.45. The van der Waals surface area contributed by atoms with Crippen molar-refractivity contribution in [2.75, 3.05) is 19.6 Å². The molecule has 0 rings (SSSR count). The van der Waals surface area contributed by atoms with Gasteiger partial charge < -0.3 is 15.3 Å². The molecule has 0 saturated carbocycles. The minimum absolute atomic E-state index is 0.148. The van der Waals surface area contributed by atoms with Crippen LogP contribution < -0.4 is 5.32 Å². The molecule has 0 heterocycles. The van der Waals surface area contributed by atoms with E-state index in [0.29, 0.717) is 0 Å². The Bertz CT molecular complexity index is 249. The summed E-state index contributed by atoms with van der Waals surface area (Å²) in [6.45, 7) is 7.42. The molecule has 0 aliphatic rings. The molecule has 0 fully saturated rings. The monoisotopic (exact) mass is 258 g/mol. The summed E-state index contributed by atoms with van der Waals surface area (Å²) in [6.07, 6.45) is 4.04. The number of carboxylic acid groups (broad SMARTS) is 1. The topological polar surface area (TPSA) is 69.6 Å². The van der Waals surface area contributed by atoms with Crippen molar-refractivity contribution in [1.82, 2.24) is 10.2 Å². The lowest BCUT2D eigenvalue weighted by atomic mass is 10.2. The maximum Gasteiger partial charge on any atom is 0.317 e. The lowest BCUT2D eigenvalue weighted by Gasteiger charge is -2.23. The molecule has 0 aromatic rings. The first-order valence-corrected chi connectivity index (χ1v) is 6.78. The molecule has 0 saturated heterocycles. The number of nitrogens with one attached hydrogen (secondary N) is 1. The molecule has 18 heavy (non-hydrogen) atoms. The summed E-state index contributed by atoms with van der Waals surface area (Å²) in [4.78, 5) is 24.3. The summed E-state index contributed by atoms with van der Waals surface area (Å²) >= 11 is 0. The van der Waals surface area contributed by atoms with E-state index in [1.807, 2.05) is 0 Å². The lowest BCUT2D eigenvalue weighted by Crippen LogP contribution is -2.43. The molecule has 5 nitrogen and oxygen atoms in total. The first-order valence-electron chi connectivity index (χ1n) is 6.78. The van der Waals surface area contributed by atoms with Crippen molar-refractivity contribution >= 4 is 12.0 Å². The number of unbranched alkanes of at least 4 members (excludes halogenated alkanes) is 2. The van der Waals surface area contributed by atoms with Gasteiger partial charge in [-0.15, -0.1) is 0 Å². The van der Waals surface area contributed by atoms with Crippen LogP contribution in [0.4, 0.5) is 4.79 Å². The van der Waals surface area contributed by atoms with Crippen LogP contribution in [0.3, 0.4) is 0 Å². The van der Waals surface area contributed by atoms with Crippen molar-refractivity contribution in [2.45, 2.75) is 46.5 Å². The van der Waals surface area contributed by atoms with Gasteiger partial charge in [-0.25, -0.2) is 4.79 Å². The van der Waals surface area contributed by atoms with E-state index in [2.05, 4.69) is 19.2 Å². The van der Waals surface area contributed by atoms with Crippen LogP contribution in [0.15, 0.2) is 0 Å². The van der Waals surface area contributed by atoms with Gasteiger partial charge in [0.1, 0.15) is 0 Å². The zero-order valence-corrected chi connectivity index (χ0v) is 11.7. The normalized spacial score (nSPS) is 11.9. The quantitative estimate of drug-likeness (QED) is 0.667. The van der Waals surface area contributed by atoms with Crippen LogP contribution in [-0.4, -0.2) is 41.6 Å². The Morgan fingerprint density at radius 3 is 2.06 bits per heavy atom. The minimum atomic E-state index is -0.885. The zero-order valence-electron chi connectivity index (χ0n) is 11.7. The summed E-state index contributed by atoms with van der Waals surface area (Å²) in [7, 11) is 0. The lowest BCUT2D eigenvalue weighted by molar-refractivity contribution is -0.140. The third-order valence-electron chi connectivity index (χ3n) is 2.83. The second kappa shape index (κ2) is 9.74. The highest BCUT2D eigenvalue weighted by atomic mass is 16.4. The molecule has 1 atom stereocenters. The standard InChI is InChI=1S/C13H26N2O3/c1-4-6-8-15(9-7-5-2)13(18)14-10-11(3)12(16)17/h11H,4-10H2,1-3H3,(H,14,18)(H,16,17). The zero-order chi connectivity index (χ0) is 14.0. The molecule has 0 aromatic carbocycles. The summed E-state index contributed by atoms with van der Waals surface area (Å²) in [6, 6.07) is -0.148. The van der Waals surface area contributed by atoms with E-state index in [-0.39, 0.29) is 12.6 Å². The van der Waals surface area contributed by atoms with Crippen LogP contribution in [0.2, 0.25) is 0 Å². The number of hydrogen-bond donors (Lipinski definition) is 2. The van der Waals surface area contributed by atoms with Gasteiger partial charge >= 0.3 is 12.0 Å². The van der Waals surface area contributed by atoms with Gasteiger partial charge in [-0.2, -0.15) is 0 Å². The number of hydrogen-bond acceptors (Lipinski definition) is 2. The molecule has 2 N–H and O–H groups in total. The number of carboxylic acids is 1. The molecular formula is C13H26N2O3. The van der Waals surface area contributed by atoms with Crippen LogP contribution in [0.1, 0.15) is 46.5 Å². The second-order valence-electron chi connectivity index (χ2n) is 4.62. The third-order valence-corrected chi connectivity index (χ3v) is 2.83. The first-order chi connectivity index (χ1) is 8.52. The third kappa shape index (κ3) is 7.14. The van der Waals surface area contributed by atoms with Gasteiger partial charge in [0.15, 0.2) is 0 Å². The summed E-state index contributed by atoms with van der Waals surface area (Å²) < 4.78 is 0. The molecule has 106 valence electrons. The molecular weight excluding hydrogens is 232 g/mol. The predicted octanol–water partition coefficient (Wildman–Crippen LogP) is 2.32. The van der Waals surface area contributed by atoms with Gasteiger partial charge in [-0.3, -0.25) is 4.79 Å². The van der Waals surface area contributed by atoms with Crippen LogP contribution >= 0.6 is 0 Å². The number of carbonyl (C=O) groups is 2. The Hall–Kier alpha value is -1.26. The van der Waals surface area contributed by atoms with Crippen LogP contribution in [0, 0.1) is 5.92 Å². The Morgan fingerprint density at radius 2 is 1.67 bits per heavy atom. The number of aliphatic carboxylic acids is 1.